The van der Waals surface area contributed by atoms with Crippen LogP contribution in [0.15, 0.2) is 0 Å². The Morgan fingerprint density at radius 1 is 0.517 bits per heavy atom. The Hall–Kier alpha value is 3.03. The zero-order chi connectivity index (χ0) is 22.0. The number of phosphoric acid groups is 3. The van der Waals surface area contributed by atoms with Crippen molar-refractivity contribution in [3.05, 3.63) is 0 Å². The van der Waals surface area contributed by atoms with Crippen LogP contribution < -0.4 is 29.4 Å². The summed E-state index contributed by atoms with van der Waals surface area (Å²) in [7, 11) is -14.1. The summed E-state index contributed by atoms with van der Waals surface area (Å²) in [6.45, 7) is 5.68. The second kappa shape index (κ2) is 25.7. The Balaban J connectivity index is -0.0000000960. The molecule has 0 aliphatic rings. The summed E-state index contributed by atoms with van der Waals surface area (Å²) in [5.41, 5.74) is 0. The average molecular weight is 745 g/mol. The van der Waals surface area contributed by atoms with E-state index in [2.05, 4.69) is 13.6 Å². The third-order valence-electron chi connectivity index (χ3n) is 2.24. The van der Waals surface area contributed by atoms with Gasteiger partial charge in [0, 0.05) is 0 Å². The number of rotatable bonds is 12. The zero-order valence-electron chi connectivity index (χ0n) is 16.6. The molecule has 0 rings (SSSR count). The van der Waals surface area contributed by atoms with Crippen molar-refractivity contribution in [1.29, 1.82) is 0 Å². The van der Waals surface area contributed by atoms with Gasteiger partial charge in [-0.05, 0) is 19.3 Å². The van der Waals surface area contributed by atoms with Crippen molar-refractivity contribution in [3.8, 4) is 0 Å². The minimum atomic E-state index is -4.70. The normalized spacial score (nSPS) is 11.1. The standard InChI is InChI=1S/3C4H11O4P.2Nd/c3*1-2-3-4-8-9(5,6)7;;/h3*2-4H2,1H3,(H2,5,6,7);;/q;;;2*+3/p-6. The van der Waals surface area contributed by atoms with Crippen LogP contribution in [-0.4, -0.2) is 19.8 Å². The molecule has 0 aromatic rings. The van der Waals surface area contributed by atoms with Crippen LogP contribution in [0.3, 0.4) is 0 Å². The molecule has 170 valence electrons. The van der Waals surface area contributed by atoms with Gasteiger partial charge in [0.15, 0.2) is 0 Å². The van der Waals surface area contributed by atoms with E-state index in [-0.39, 0.29) is 101 Å². The van der Waals surface area contributed by atoms with E-state index in [1.54, 1.807) is 0 Å². The number of unbranched alkanes of at least 4 members (excludes halogenated alkanes) is 3. The van der Waals surface area contributed by atoms with Gasteiger partial charge in [-0.15, -0.1) is 0 Å². The third-order valence-corrected chi connectivity index (χ3v) is 3.74. The fourth-order valence-electron chi connectivity index (χ4n) is 0.962. The predicted molar refractivity (Wildman–Crippen MR) is 85.4 cm³/mol. The molecule has 0 saturated carbocycles. The van der Waals surface area contributed by atoms with Crippen molar-refractivity contribution in [3.63, 3.8) is 0 Å². The molecule has 0 aromatic carbocycles. The average Bonchev–Trinajstić information content (AvgIpc) is 2.46. The predicted octanol–water partition coefficient (Wildman–Crippen LogP) is -1.10. The summed E-state index contributed by atoms with van der Waals surface area (Å²) < 4.78 is 41.0. The summed E-state index contributed by atoms with van der Waals surface area (Å²) in [6, 6.07) is 0. The van der Waals surface area contributed by atoms with E-state index in [0.717, 1.165) is 19.3 Å². The molecule has 0 aliphatic carbocycles. The topological polar surface area (TPSA) is 217 Å². The molecule has 0 heterocycles. The van der Waals surface area contributed by atoms with Crippen LogP contribution in [0.25, 0.3) is 0 Å². The minimum absolute atomic E-state index is 0. The van der Waals surface area contributed by atoms with Crippen molar-refractivity contribution >= 4 is 23.5 Å². The molecule has 0 bridgehead atoms. The second-order valence-corrected chi connectivity index (χ2v) is 8.36. The van der Waals surface area contributed by atoms with Crippen molar-refractivity contribution in [2.24, 2.45) is 0 Å². The van der Waals surface area contributed by atoms with Crippen molar-refractivity contribution in [1.82, 2.24) is 0 Å². The molecule has 0 fully saturated rings. The Bertz CT molecular complexity index is 398. The summed E-state index contributed by atoms with van der Waals surface area (Å²) >= 11 is 0. The smallest absolute Gasteiger partial charge is 0.790 e. The Labute approximate surface area is 238 Å². The fraction of sp³-hybridized carbons (Fsp3) is 1.00. The van der Waals surface area contributed by atoms with Gasteiger partial charge < -0.3 is 56.6 Å². The maximum absolute atomic E-state index is 9.76. The van der Waals surface area contributed by atoms with Gasteiger partial charge in [-0.25, -0.2) is 0 Å². The first kappa shape index (κ1) is 42.2. The summed E-state index contributed by atoms with van der Waals surface area (Å²) in [5.74, 6) is 0. The minimum Gasteiger partial charge on any atom is -0.790 e. The number of hydrogen-bond acceptors (Lipinski definition) is 12. The first-order valence-corrected chi connectivity index (χ1v) is 12.6. The molecular weight excluding hydrogens is 718 g/mol. The third kappa shape index (κ3) is 59.1. The van der Waals surface area contributed by atoms with Crippen LogP contribution in [0, 0.1) is 81.7 Å². The van der Waals surface area contributed by atoms with E-state index in [1.165, 1.54) is 0 Å². The monoisotopic (exact) mass is 740 g/mol. The molecular formula is C12H27Nd2O12P3. The van der Waals surface area contributed by atoms with E-state index >= 15 is 0 Å². The van der Waals surface area contributed by atoms with E-state index < -0.39 is 23.5 Å². The van der Waals surface area contributed by atoms with Crippen molar-refractivity contribution in [2.75, 3.05) is 19.8 Å². The van der Waals surface area contributed by atoms with E-state index in [1.807, 2.05) is 20.8 Å². The molecule has 0 amide bonds. The largest absolute Gasteiger partial charge is 3.00 e. The van der Waals surface area contributed by atoms with E-state index in [4.69, 9.17) is 0 Å². The van der Waals surface area contributed by atoms with Gasteiger partial charge in [0.2, 0.25) is 0 Å². The molecule has 0 aliphatic heterocycles. The molecule has 0 aromatic heterocycles. The van der Waals surface area contributed by atoms with Gasteiger partial charge in [0.05, 0.1) is 43.3 Å². The van der Waals surface area contributed by atoms with Crippen molar-refractivity contribution < 1.29 is 138 Å². The van der Waals surface area contributed by atoms with Crippen LogP contribution in [0.1, 0.15) is 59.3 Å². The Morgan fingerprint density at radius 3 is 0.793 bits per heavy atom. The quantitative estimate of drug-likeness (QED) is 0.172. The first-order valence-electron chi connectivity index (χ1n) is 8.18. The second-order valence-electron chi connectivity index (χ2n) is 4.90. The van der Waals surface area contributed by atoms with Gasteiger partial charge in [0.1, 0.15) is 0 Å². The van der Waals surface area contributed by atoms with Crippen LogP contribution >= 0.6 is 23.5 Å². The number of phosphoric ester groups is 3. The summed E-state index contributed by atoms with van der Waals surface area (Å²) in [4.78, 5) is 58.5. The Morgan fingerprint density at radius 2 is 0.690 bits per heavy atom. The fourth-order valence-corrected chi connectivity index (χ4v) is 2.02. The molecule has 17 heteroatoms. The molecule has 0 saturated heterocycles. The molecule has 12 nitrogen and oxygen atoms in total. The molecule has 29 heavy (non-hydrogen) atoms. The number of hydrogen-bond donors (Lipinski definition) is 0. The molecule has 0 unspecified atom stereocenters. The van der Waals surface area contributed by atoms with E-state index in [0.29, 0.717) is 19.3 Å². The maximum atomic E-state index is 9.76. The van der Waals surface area contributed by atoms with Crippen molar-refractivity contribution in [2.45, 2.75) is 59.3 Å². The van der Waals surface area contributed by atoms with Gasteiger partial charge in [-0.2, -0.15) is 0 Å². The summed E-state index contributed by atoms with van der Waals surface area (Å²) in [6.07, 6.45) is 4.28. The Kier molecular flexibility index (Phi) is 37.3. The molecule has 2 radical (unpaired) electrons. The molecule has 0 atom stereocenters. The first-order chi connectivity index (χ1) is 12.2. The SMILES string of the molecule is CCCCOP(=O)([O-])[O-].CCCCOP(=O)([O-])[O-].CCCCOP(=O)([O-])[O-].[Nd+3].[Nd+3]. The van der Waals surface area contributed by atoms with Gasteiger partial charge in [0.25, 0.3) is 0 Å². The van der Waals surface area contributed by atoms with Gasteiger partial charge in [-0.3, -0.25) is 0 Å². The van der Waals surface area contributed by atoms with Crippen LogP contribution in [0.4, 0.5) is 0 Å². The molecule has 0 spiro atoms. The van der Waals surface area contributed by atoms with Crippen LogP contribution in [0.2, 0.25) is 0 Å². The molecule has 0 N–H and O–H groups in total. The van der Waals surface area contributed by atoms with Crippen LogP contribution in [0.5, 0.6) is 0 Å². The maximum Gasteiger partial charge on any atom is 3.00 e. The van der Waals surface area contributed by atoms with Crippen LogP contribution in [-0.2, 0) is 27.3 Å². The zero-order valence-corrected chi connectivity index (χ0v) is 25.7. The van der Waals surface area contributed by atoms with Gasteiger partial charge in [-0.1, -0.05) is 40.0 Å². The summed E-state index contributed by atoms with van der Waals surface area (Å²) in [5, 5.41) is 0. The van der Waals surface area contributed by atoms with Gasteiger partial charge >= 0.3 is 81.7 Å². The van der Waals surface area contributed by atoms with E-state index in [9.17, 15) is 43.1 Å².